The highest BCUT2D eigenvalue weighted by molar-refractivity contribution is 7.80. The number of aromatic nitrogens is 1. The third-order valence-corrected chi connectivity index (χ3v) is 3.11. The van der Waals surface area contributed by atoms with E-state index in [0.29, 0.717) is 10.9 Å². The van der Waals surface area contributed by atoms with Crippen LogP contribution in [0, 0.1) is 6.92 Å². The van der Waals surface area contributed by atoms with Crippen LogP contribution in [0.3, 0.4) is 0 Å². The molecule has 1 aromatic heterocycles. The van der Waals surface area contributed by atoms with Crippen molar-refractivity contribution in [2.24, 2.45) is 0 Å². The van der Waals surface area contributed by atoms with E-state index in [1.807, 2.05) is 31.2 Å². The number of hydrogen-bond donors (Lipinski definition) is 2. The first kappa shape index (κ1) is 12.6. The van der Waals surface area contributed by atoms with Gasteiger partial charge in [0.05, 0.1) is 0 Å². The third-order valence-electron chi connectivity index (χ3n) is 2.91. The van der Waals surface area contributed by atoms with E-state index in [-0.39, 0.29) is 0 Å². The van der Waals surface area contributed by atoms with Gasteiger partial charge in [-0.3, -0.25) is 0 Å². The van der Waals surface area contributed by atoms with Crippen LogP contribution in [0.5, 0.6) is 0 Å². The molecule has 2 aromatic carbocycles. The van der Waals surface area contributed by atoms with Crippen LogP contribution in [0.25, 0.3) is 10.8 Å². The van der Waals surface area contributed by atoms with E-state index in [1.165, 1.54) is 0 Å². The minimum Gasteiger partial charge on any atom is -0.360 e. The smallest absolute Gasteiger partial charge is 0.176 e. The lowest BCUT2D eigenvalue weighted by atomic mass is 10.1. The van der Waals surface area contributed by atoms with Crippen molar-refractivity contribution in [1.82, 2.24) is 5.16 Å². The van der Waals surface area contributed by atoms with Crippen LogP contribution in [0.15, 0.2) is 53.1 Å². The van der Waals surface area contributed by atoms with E-state index in [2.05, 4.69) is 34.0 Å². The normalized spacial score (nSPS) is 10.4. The van der Waals surface area contributed by atoms with Crippen molar-refractivity contribution in [2.75, 3.05) is 10.6 Å². The van der Waals surface area contributed by atoms with Gasteiger partial charge >= 0.3 is 0 Å². The molecule has 0 amide bonds. The number of fused-ring (bicyclic) bond motifs is 1. The first-order valence-electron chi connectivity index (χ1n) is 6.21. The lowest BCUT2D eigenvalue weighted by molar-refractivity contribution is 0.400. The van der Waals surface area contributed by atoms with E-state index in [4.69, 9.17) is 16.7 Å². The van der Waals surface area contributed by atoms with Crippen molar-refractivity contribution in [1.29, 1.82) is 0 Å². The molecule has 0 spiro atoms. The SMILES string of the molecule is Cc1cc(NC(=S)Nc2cccc3ccccc23)no1. The Kier molecular flexibility index (Phi) is 3.35. The summed E-state index contributed by atoms with van der Waals surface area (Å²) in [6, 6.07) is 16.0. The number of thiocarbonyl (C=S) groups is 1. The lowest BCUT2D eigenvalue weighted by Crippen LogP contribution is -2.19. The van der Waals surface area contributed by atoms with Gasteiger partial charge in [-0.2, -0.15) is 0 Å². The summed E-state index contributed by atoms with van der Waals surface area (Å²) in [5.74, 6) is 1.33. The molecule has 100 valence electrons. The summed E-state index contributed by atoms with van der Waals surface area (Å²) >= 11 is 5.29. The third kappa shape index (κ3) is 2.62. The maximum Gasteiger partial charge on any atom is 0.176 e. The van der Waals surface area contributed by atoms with Gasteiger partial charge in [-0.1, -0.05) is 41.6 Å². The Morgan fingerprint density at radius 1 is 1.10 bits per heavy atom. The number of rotatable bonds is 2. The molecular weight excluding hydrogens is 270 g/mol. The van der Waals surface area contributed by atoms with Crippen LogP contribution in [0.1, 0.15) is 5.76 Å². The van der Waals surface area contributed by atoms with Gasteiger partial charge in [0.25, 0.3) is 0 Å². The summed E-state index contributed by atoms with van der Waals surface area (Å²) in [5, 5.41) is 12.8. The Hall–Kier alpha value is -2.40. The fraction of sp³-hybridized carbons (Fsp3) is 0.0667. The molecular formula is C15H13N3OS. The van der Waals surface area contributed by atoms with Gasteiger partial charge in [0, 0.05) is 17.1 Å². The maximum absolute atomic E-state index is 5.29. The zero-order chi connectivity index (χ0) is 13.9. The second-order valence-corrected chi connectivity index (χ2v) is 4.84. The largest absolute Gasteiger partial charge is 0.360 e. The summed E-state index contributed by atoms with van der Waals surface area (Å²) in [6.45, 7) is 1.83. The van der Waals surface area contributed by atoms with Crippen molar-refractivity contribution >= 4 is 39.6 Å². The minimum atomic E-state index is 0.481. The summed E-state index contributed by atoms with van der Waals surface area (Å²) in [7, 11) is 0. The van der Waals surface area contributed by atoms with Crippen molar-refractivity contribution in [3.8, 4) is 0 Å². The van der Waals surface area contributed by atoms with Gasteiger partial charge in [-0.15, -0.1) is 0 Å². The van der Waals surface area contributed by atoms with E-state index in [1.54, 1.807) is 6.07 Å². The van der Waals surface area contributed by atoms with Crippen molar-refractivity contribution in [3.63, 3.8) is 0 Å². The molecule has 0 radical (unpaired) electrons. The Balaban J connectivity index is 1.81. The molecule has 3 aromatic rings. The van der Waals surface area contributed by atoms with E-state index in [0.717, 1.165) is 22.2 Å². The Bertz CT molecular complexity index is 761. The van der Waals surface area contributed by atoms with Crippen LogP contribution >= 0.6 is 12.2 Å². The number of nitrogens with zero attached hydrogens (tertiary/aromatic N) is 1. The first-order valence-corrected chi connectivity index (χ1v) is 6.62. The number of hydrogen-bond acceptors (Lipinski definition) is 3. The Labute approximate surface area is 121 Å². The van der Waals surface area contributed by atoms with E-state index in [9.17, 15) is 0 Å². The molecule has 0 unspecified atom stereocenters. The van der Waals surface area contributed by atoms with Gasteiger partial charge in [0.2, 0.25) is 0 Å². The molecule has 0 fully saturated rings. The molecule has 20 heavy (non-hydrogen) atoms. The topological polar surface area (TPSA) is 50.1 Å². The molecule has 0 saturated carbocycles. The number of nitrogens with one attached hydrogen (secondary N) is 2. The van der Waals surface area contributed by atoms with E-state index >= 15 is 0 Å². The van der Waals surface area contributed by atoms with Gasteiger partial charge in [-0.25, -0.2) is 0 Å². The highest BCUT2D eigenvalue weighted by Crippen LogP contribution is 2.23. The second kappa shape index (κ2) is 5.30. The molecule has 0 aliphatic carbocycles. The predicted octanol–water partition coefficient (Wildman–Crippen LogP) is 3.95. The Morgan fingerprint density at radius 2 is 1.90 bits per heavy atom. The number of benzene rings is 2. The molecule has 1 heterocycles. The number of anilines is 2. The molecule has 5 heteroatoms. The molecule has 0 aliphatic heterocycles. The Morgan fingerprint density at radius 3 is 2.70 bits per heavy atom. The first-order chi connectivity index (χ1) is 9.72. The summed E-state index contributed by atoms with van der Waals surface area (Å²) in [6.07, 6.45) is 0. The molecule has 0 saturated heterocycles. The molecule has 4 nitrogen and oxygen atoms in total. The molecule has 0 bridgehead atoms. The van der Waals surface area contributed by atoms with Crippen molar-refractivity contribution in [3.05, 3.63) is 54.3 Å². The molecule has 3 rings (SSSR count). The second-order valence-electron chi connectivity index (χ2n) is 4.43. The van der Waals surface area contributed by atoms with Gasteiger partial charge < -0.3 is 15.2 Å². The summed E-state index contributed by atoms with van der Waals surface area (Å²) in [4.78, 5) is 0. The van der Waals surface area contributed by atoms with Gasteiger partial charge in [0.1, 0.15) is 5.76 Å². The predicted molar refractivity (Wildman–Crippen MR) is 85.0 cm³/mol. The van der Waals surface area contributed by atoms with Crippen LogP contribution in [-0.4, -0.2) is 10.3 Å². The maximum atomic E-state index is 5.29. The fourth-order valence-electron chi connectivity index (χ4n) is 2.03. The van der Waals surface area contributed by atoms with Crippen LogP contribution < -0.4 is 10.6 Å². The molecule has 2 N–H and O–H groups in total. The van der Waals surface area contributed by atoms with Gasteiger partial charge in [-0.05, 0) is 30.6 Å². The summed E-state index contributed by atoms with van der Waals surface area (Å²) < 4.78 is 4.99. The van der Waals surface area contributed by atoms with E-state index < -0.39 is 0 Å². The fourth-order valence-corrected chi connectivity index (χ4v) is 2.24. The standard InChI is InChI=1S/C15H13N3OS/c1-10-9-14(18-19-10)17-15(20)16-13-8-4-6-11-5-2-3-7-12(11)13/h2-9H,1H3,(H2,16,17,18,20). The minimum absolute atomic E-state index is 0.481. The highest BCUT2D eigenvalue weighted by atomic mass is 32.1. The van der Waals surface area contributed by atoms with Crippen molar-refractivity contribution < 1.29 is 4.52 Å². The monoisotopic (exact) mass is 283 g/mol. The zero-order valence-corrected chi connectivity index (χ0v) is 11.7. The number of aryl methyl sites for hydroxylation is 1. The highest BCUT2D eigenvalue weighted by Gasteiger charge is 2.05. The lowest BCUT2D eigenvalue weighted by Gasteiger charge is -2.10. The van der Waals surface area contributed by atoms with Crippen LogP contribution in [-0.2, 0) is 0 Å². The van der Waals surface area contributed by atoms with Gasteiger partial charge in [0.15, 0.2) is 10.9 Å². The summed E-state index contributed by atoms with van der Waals surface area (Å²) in [5.41, 5.74) is 0.959. The molecule has 0 aliphatic rings. The molecule has 0 atom stereocenters. The zero-order valence-electron chi connectivity index (χ0n) is 10.9. The van der Waals surface area contributed by atoms with Crippen molar-refractivity contribution in [2.45, 2.75) is 6.92 Å². The quantitative estimate of drug-likeness (QED) is 0.697. The van der Waals surface area contributed by atoms with Crippen LogP contribution in [0.2, 0.25) is 0 Å². The van der Waals surface area contributed by atoms with Crippen LogP contribution in [0.4, 0.5) is 11.5 Å². The average molecular weight is 283 g/mol. The average Bonchev–Trinajstić information content (AvgIpc) is 2.84.